The first-order valence-electron chi connectivity index (χ1n) is 16.1. The molecule has 0 radical (unpaired) electrons. The van der Waals surface area contributed by atoms with E-state index in [9.17, 15) is 9.59 Å². The zero-order chi connectivity index (χ0) is 30.3. The molecule has 0 saturated carbocycles. The van der Waals surface area contributed by atoms with Crippen molar-refractivity contribution in [3.8, 4) is 5.75 Å². The van der Waals surface area contributed by atoms with Crippen LogP contribution in [0.4, 0.5) is 5.69 Å². The van der Waals surface area contributed by atoms with Crippen LogP contribution < -0.4 is 9.64 Å². The van der Waals surface area contributed by atoms with Gasteiger partial charge in [0.25, 0.3) is 5.91 Å². The SMILES string of the molecule is CCOC(=O)Cc1c(C(=O)N2CCN(c3ccc(OCCCN4CC(CC)CCC4C)cc3)CC2)c2ccccc2n1C. The number of hydrogen-bond donors (Lipinski definition) is 0. The van der Waals surface area contributed by atoms with Crippen LogP contribution >= 0.6 is 0 Å². The molecule has 8 heteroatoms. The molecule has 1 aromatic heterocycles. The molecule has 5 rings (SSSR count). The van der Waals surface area contributed by atoms with Gasteiger partial charge >= 0.3 is 5.97 Å². The molecular weight excluding hydrogens is 540 g/mol. The fourth-order valence-electron chi connectivity index (χ4n) is 6.68. The van der Waals surface area contributed by atoms with E-state index in [1.165, 1.54) is 25.8 Å². The first-order valence-corrected chi connectivity index (χ1v) is 16.1. The summed E-state index contributed by atoms with van der Waals surface area (Å²) in [4.78, 5) is 33.1. The summed E-state index contributed by atoms with van der Waals surface area (Å²) in [5.41, 5.74) is 3.40. The highest BCUT2D eigenvalue weighted by atomic mass is 16.5. The number of esters is 1. The van der Waals surface area contributed by atoms with Gasteiger partial charge in [0.05, 0.1) is 25.2 Å². The maximum Gasteiger partial charge on any atom is 0.311 e. The van der Waals surface area contributed by atoms with Crippen molar-refractivity contribution < 1.29 is 19.1 Å². The number of ether oxygens (including phenoxy) is 2. The number of para-hydroxylation sites is 1. The zero-order valence-electron chi connectivity index (χ0n) is 26.4. The van der Waals surface area contributed by atoms with Gasteiger partial charge in [0, 0.05) is 74.6 Å². The molecule has 3 aromatic rings. The summed E-state index contributed by atoms with van der Waals surface area (Å²) in [6, 6.07) is 16.9. The Labute approximate surface area is 256 Å². The summed E-state index contributed by atoms with van der Waals surface area (Å²) >= 11 is 0. The summed E-state index contributed by atoms with van der Waals surface area (Å²) in [6.07, 6.45) is 5.06. The van der Waals surface area contributed by atoms with Gasteiger partial charge in [0.15, 0.2) is 0 Å². The fraction of sp³-hybridized carbons (Fsp3) is 0.543. The van der Waals surface area contributed by atoms with Gasteiger partial charge in [-0.15, -0.1) is 0 Å². The number of carbonyl (C=O) groups excluding carboxylic acids is 2. The predicted molar refractivity (Wildman–Crippen MR) is 172 cm³/mol. The highest BCUT2D eigenvalue weighted by Crippen LogP contribution is 2.29. The van der Waals surface area contributed by atoms with E-state index in [1.54, 1.807) is 6.92 Å². The summed E-state index contributed by atoms with van der Waals surface area (Å²) in [5, 5.41) is 0.878. The Morgan fingerprint density at radius 2 is 1.70 bits per heavy atom. The second kappa shape index (κ2) is 14.3. The molecule has 1 amide bonds. The first-order chi connectivity index (χ1) is 20.9. The van der Waals surface area contributed by atoms with E-state index < -0.39 is 0 Å². The molecule has 2 fully saturated rings. The molecule has 0 spiro atoms. The van der Waals surface area contributed by atoms with Crippen LogP contribution in [0.2, 0.25) is 0 Å². The second-order valence-electron chi connectivity index (χ2n) is 12.1. The number of amides is 1. The molecule has 0 N–H and O–H groups in total. The number of piperidine rings is 1. The van der Waals surface area contributed by atoms with E-state index in [-0.39, 0.29) is 18.3 Å². The van der Waals surface area contributed by atoms with E-state index in [0.29, 0.717) is 37.0 Å². The largest absolute Gasteiger partial charge is 0.494 e. The van der Waals surface area contributed by atoms with Gasteiger partial charge in [0.1, 0.15) is 5.75 Å². The van der Waals surface area contributed by atoms with Gasteiger partial charge in [-0.1, -0.05) is 31.5 Å². The van der Waals surface area contributed by atoms with Crippen molar-refractivity contribution in [1.29, 1.82) is 0 Å². The van der Waals surface area contributed by atoms with Crippen LogP contribution in [0.3, 0.4) is 0 Å². The number of anilines is 1. The Kier molecular flexibility index (Phi) is 10.3. The quantitative estimate of drug-likeness (QED) is 0.217. The minimum absolute atomic E-state index is 0.0244. The van der Waals surface area contributed by atoms with Gasteiger partial charge in [-0.05, 0) is 69.4 Å². The van der Waals surface area contributed by atoms with Crippen LogP contribution in [0, 0.1) is 5.92 Å². The maximum atomic E-state index is 13.9. The lowest BCUT2D eigenvalue weighted by Crippen LogP contribution is -2.49. The van der Waals surface area contributed by atoms with Crippen LogP contribution in [0.15, 0.2) is 48.5 Å². The summed E-state index contributed by atoms with van der Waals surface area (Å²) in [6.45, 7) is 12.6. The summed E-state index contributed by atoms with van der Waals surface area (Å²) in [5.74, 6) is 1.41. The standard InChI is InChI=1S/C35H48N4O4/c1-5-27-13-12-26(3)39(25-27)18-9-23-43-29-16-14-28(15-17-29)37-19-21-38(22-20-37)35(41)34-30-10-7-8-11-31(30)36(4)32(34)24-33(40)42-6-2/h7-8,10-11,14-17,26-27H,5-6,9,12-13,18-25H2,1-4H3. The maximum absolute atomic E-state index is 13.9. The van der Waals surface area contributed by atoms with Gasteiger partial charge < -0.3 is 28.7 Å². The number of fused-ring (bicyclic) bond motifs is 1. The summed E-state index contributed by atoms with van der Waals surface area (Å²) < 4.78 is 13.3. The number of piperazine rings is 1. The fourth-order valence-corrected chi connectivity index (χ4v) is 6.68. The van der Waals surface area contributed by atoms with E-state index in [0.717, 1.165) is 60.9 Å². The van der Waals surface area contributed by atoms with Gasteiger partial charge in [-0.25, -0.2) is 0 Å². The van der Waals surface area contributed by atoms with Gasteiger partial charge in [0.2, 0.25) is 0 Å². The zero-order valence-corrected chi connectivity index (χ0v) is 26.4. The molecule has 43 heavy (non-hydrogen) atoms. The number of aryl methyl sites for hydroxylation is 1. The molecule has 232 valence electrons. The molecule has 2 saturated heterocycles. The Hall–Kier alpha value is -3.52. The molecule has 2 aromatic carbocycles. The van der Waals surface area contributed by atoms with Gasteiger partial charge in [-0.3, -0.25) is 9.59 Å². The lowest BCUT2D eigenvalue weighted by molar-refractivity contribution is -0.142. The molecule has 0 bridgehead atoms. The first kappa shape index (κ1) is 30.9. The normalized spacial score (nSPS) is 19.5. The molecule has 0 aliphatic carbocycles. The third kappa shape index (κ3) is 7.18. The van der Waals surface area contributed by atoms with E-state index in [1.807, 2.05) is 40.8 Å². The van der Waals surface area contributed by atoms with Crippen molar-refractivity contribution in [3.05, 3.63) is 59.8 Å². The monoisotopic (exact) mass is 588 g/mol. The van der Waals surface area contributed by atoms with Crippen molar-refractivity contribution in [3.63, 3.8) is 0 Å². The molecule has 2 atom stereocenters. The third-order valence-corrected chi connectivity index (χ3v) is 9.37. The number of nitrogens with zero attached hydrogens (tertiary/aromatic N) is 4. The van der Waals surface area contributed by atoms with Crippen LogP contribution in [-0.4, -0.2) is 84.8 Å². The topological polar surface area (TPSA) is 67.3 Å². The minimum atomic E-state index is -0.318. The average Bonchev–Trinajstić information content (AvgIpc) is 3.31. The second-order valence-corrected chi connectivity index (χ2v) is 12.1. The lowest BCUT2D eigenvalue weighted by Gasteiger charge is -2.37. The number of likely N-dealkylation sites (tertiary alicyclic amines) is 1. The van der Waals surface area contributed by atoms with E-state index >= 15 is 0 Å². The van der Waals surface area contributed by atoms with Crippen molar-refractivity contribution in [2.75, 3.05) is 57.4 Å². The molecular formula is C35H48N4O4. The number of rotatable bonds is 11. The Balaban J connectivity index is 1.14. The average molecular weight is 589 g/mol. The van der Waals surface area contributed by atoms with Crippen molar-refractivity contribution in [1.82, 2.24) is 14.4 Å². The van der Waals surface area contributed by atoms with Crippen LogP contribution in [0.1, 0.15) is 62.5 Å². The Morgan fingerprint density at radius 3 is 2.42 bits per heavy atom. The smallest absolute Gasteiger partial charge is 0.311 e. The van der Waals surface area contributed by atoms with E-state index in [2.05, 4.69) is 47.9 Å². The molecule has 2 aliphatic heterocycles. The van der Waals surface area contributed by atoms with Crippen molar-refractivity contribution in [2.24, 2.45) is 13.0 Å². The van der Waals surface area contributed by atoms with Crippen LogP contribution in [0.5, 0.6) is 5.75 Å². The Morgan fingerprint density at radius 1 is 0.953 bits per heavy atom. The van der Waals surface area contributed by atoms with Crippen LogP contribution in [0.25, 0.3) is 10.9 Å². The van der Waals surface area contributed by atoms with Gasteiger partial charge in [-0.2, -0.15) is 0 Å². The lowest BCUT2D eigenvalue weighted by atomic mass is 9.91. The van der Waals surface area contributed by atoms with Crippen LogP contribution in [-0.2, 0) is 23.0 Å². The molecule has 3 heterocycles. The van der Waals surface area contributed by atoms with Crippen molar-refractivity contribution in [2.45, 2.75) is 58.9 Å². The third-order valence-electron chi connectivity index (χ3n) is 9.37. The number of carbonyl (C=O) groups is 2. The van der Waals surface area contributed by atoms with Crippen molar-refractivity contribution >= 4 is 28.5 Å². The molecule has 8 nitrogen and oxygen atoms in total. The number of hydrogen-bond acceptors (Lipinski definition) is 6. The number of benzene rings is 2. The molecule has 2 unspecified atom stereocenters. The highest BCUT2D eigenvalue weighted by Gasteiger charge is 2.29. The number of aromatic nitrogens is 1. The predicted octanol–water partition coefficient (Wildman–Crippen LogP) is 5.53. The summed E-state index contributed by atoms with van der Waals surface area (Å²) in [7, 11) is 1.91. The molecule has 2 aliphatic rings. The minimum Gasteiger partial charge on any atom is -0.494 e. The highest BCUT2D eigenvalue weighted by molar-refractivity contribution is 6.09. The Bertz CT molecular complexity index is 1380. The van der Waals surface area contributed by atoms with E-state index in [4.69, 9.17) is 9.47 Å².